The van der Waals surface area contributed by atoms with Crippen molar-refractivity contribution in [3.05, 3.63) is 228 Å². The average Bonchev–Trinajstić information content (AvgIpc) is 1.63. The molecule has 7 aromatic heterocycles. The van der Waals surface area contributed by atoms with Crippen molar-refractivity contribution in [1.82, 2.24) is 55.2 Å². The van der Waals surface area contributed by atoms with Crippen LogP contribution in [0.1, 0.15) is 324 Å². The molecule has 4 fully saturated rings. The molecule has 4 aromatic carbocycles. The highest BCUT2D eigenvalue weighted by molar-refractivity contribution is 7.14. The number of nitrogens with zero attached hydrogens (tertiary/aromatic N) is 11. The Kier molecular flexibility index (Phi) is 37.7. The van der Waals surface area contributed by atoms with Crippen LogP contribution in [0.25, 0.3) is 31.3 Å². The Balaban J connectivity index is 0.000000175. The van der Waals surface area contributed by atoms with Crippen LogP contribution >= 0.6 is 45.6 Å². The van der Waals surface area contributed by atoms with E-state index >= 15 is 0 Å². The lowest BCUT2D eigenvalue weighted by atomic mass is 9.77. The summed E-state index contributed by atoms with van der Waals surface area (Å²) in [6, 6.07) is 34.5. The second-order valence-electron chi connectivity index (χ2n) is 46.2. The minimum atomic E-state index is -0.748. The Labute approximate surface area is 881 Å². The van der Waals surface area contributed by atoms with Crippen LogP contribution in [0.15, 0.2) is 150 Å². The van der Waals surface area contributed by atoms with Crippen molar-refractivity contribution in [2.75, 3.05) is 26.2 Å². The number of halogens is 1. The zero-order valence-electron chi connectivity index (χ0n) is 89.8. The van der Waals surface area contributed by atoms with E-state index < -0.39 is 71.6 Å². The van der Waals surface area contributed by atoms with Gasteiger partial charge in [-0.2, -0.15) is 0 Å². The van der Waals surface area contributed by atoms with Crippen LogP contribution in [0.2, 0.25) is 5.02 Å². The molecule has 147 heavy (non-hydrogen) atoms. The van der Waals surface area contributed by atoms with E-state index in [9.17, 15) is 63.6 Å². The molecular formula is C115H148ClN11O17S3. The zero-order chi connectivity index (χ0) is 108. The number of aromatic nitrogens is 7. The van der Waals surface area contributed by atoms with E-state index in [-0.39, 0.29) is 169 Å². The monoisotopic (exact) mass is 2090 g/mol. The Morgan fingerprint density at radius 2 is 0.748 bits per heavy atom. The largest absolute Gasteiger partial charge is 0.391 e. The number of amides is 4. The fraction of sp³-hybridized carbons (Fsp3) is 0.530. The first-order valence-electron chi connectivity index (χ1n) is 51.1. The van der Waals surface area contributed by atoms with Crippen LogP contribution in [0, 0.1) is 43.9 Å². The van der Waals surface area contributed by atoms with Crippen molar-refractivity contribution < 1.29 is 81.7 Å². The molecule has 15 rings (SSSR count). The number of carbonyl (C=O) groups is 9. The molecule has 4 aliphatic rings. The lowest BCUT2D eigenvalue weighted by molar-refractivity contribution is -0.141. The van der Waals surface area contributed by atoms with Gasteiger partial charge in [-0.1, -0.05) is 263 Å². The van der Waals surface area contributed by atoms with Gasteiger partial charge in [0.15, 0.2) is 28.9 Å². The molecule has 0 saturated carbocycles. The van der Waals surface area contributed by atoms with Crippen LogP contribution in [0.3, 0.4) is 0 Å². The molecule has 4 N–H and O–H groups in total. The SMILES string of the molecule is CC(C)C(C(=O)N1CC(O)CC1C(=O)CCc1ccc(Cl)cc1)c1cc(C(C)(C)C)no1.Cc1cc(-c2scnc2CO)ccc1C(C)CC(=O)C1CC(O)CN1C(=O)C(c1cc(C(C)(C)C)no1)C(C)C.Cc1ncsc1-c1ccc(CCC(=O)C2CC(=O)CN2C(=O)C(c2cc(C(C)(C)C)no2)C(C)C)cc1.Cc1ncsc1-c1ccc(CCC(=O)C2CC(O)CN2C(=O)C(c2cc(C(C)(C)C)no2)C(C)(C)C)cc1. The first kappa shape index (κ1) is 115. The number of ketones is 5. The third kappa shape index (κ3) is 28.6. The molecule has 12 atom stereocenters. The summed E-state index contributed by atoms with van der Waals surface area (Å²) in [5.74, 6) is -1.84. The number of thiazole rings is 3. The van der Waals surface area contributed by atoms with E-state index in [0.717, 1.165) is 93.3 Å². The molecule has 12 unspecified atom stereocenters. The highest BCUT2D eigenvalue weighted by Gasteiger charge is 2.50. The fourth-order valence-electron chi connectivity index (χ4n) is 19.6. The number of aliphatic hydroxyl groups is 4. The second kappa shape index (κ2) is 48.3. The maximum absolute atomic E-state index is 13.9. The Morgan fingerprint density at radius 3 is 1.10 bits per heavy atom. The highest BCUT2D eigenvalue weighted by Crippen LogP contribution is 2.44. The predicted molar refractivity (Wildman–Crippen MR) is 572 cm³/mol. The third-order valence-corrected chi connectivity index (χ3v) is 31.2. The van der Waals surface area contributed by atoms with Crippen LogP contribution in [-0.2, 0) is 90.7 Å². The smallest absolute Gasteiger partial charge is 0.234 e. The van der Waals surface area contributed by atoms with E-state index in [2.05, 4.69) is 53.8 Å². The Bertz CT molecular complexity index is 6380. The summed E-state index contributed by atoms with van der Waals surface area (Å²) in [6.45, 7) is 50.4. The van der Waals surface area contributed by atoms with Crippen molar-refractivity contribution in [1.29, 1.82) is 0 Å². The van der Waals surface area contributed by atoms with E-state index in [0.29, 0.717) is 65.9 Å². The normalized spacial score (nSPS) is 18.8. The van der Waals surface area contributed by atoms with Gasteiger partial charge in [0.2, 0.25) is 23.6 Å². The number of hydrogen-bond donors (Lipinski definition) is 4. The molecule has 0 spiro atoms. The third-order valence-electron chi connectivity index (χ3n) is 28.1. The van der Waals surface area contributed by atoms with Gasteiger partial charge < -0.3 is 58.1 Å². The van der Waals surface area contributed by atoms with Crippen LogP contribution in [-0.4, -0.2) is 197 Å². The maximum Gasteiger partial charge on any atom is 0.234 e. The summed E-state index contributed by atoms with van der Waals surface area (Å²) in [6.07, 6.45) is 1.46. The highest BCUT2D eigenvalue weighted by atomic mass is 35.5. The van der Waals surface area contributed by atoms with Crippen LogP contribution < -0.4 is 0 Å². The molecule has 0 radical (unpaired) electrons. The van der Waals surface area contributed by atoms with Gasteiger partial charge in [-0.3, -0.25) is 43.2 Å². The number of benzene rings is 4. The Morgan fingerprint density at radius 1 is 0.415 bits per heavy atom. The number of hydrogen-bond acceptors (Lipinski definition) is 27. The van der Waals surface area contributed by atoms with Gasteiger partial charge in [-0.05, 0) is 126 Å². The molecule has 790 valence electrons. The summed E-state index contributed by atoms with van der Waals surface area (Å²) in [4.78, 5) is 143. The van der Waals surface area contributed by atoms with Crippen molar-refractivity contribution in [3.8, 4) is 31.3 Å². The van der Waals surface area contributed by atoms with Crippen LogP contribution in [0.4, 0.5) is 0 Å². The molecule has 4 amide bonds. The average molecular weight is 2090 g/mol. The first-order chi connectivity index (χ1) is 69.0. The molecule has 4 aliphatic heterocycles. The number of carbonyl (C=O) groups excluding carboxylic acids is 9. The summed E-state index contributed by atoms with van der Waals surface area (Å²) >= 11 is 10.6. The maximum atomic E-state index is 13.9. The van der Waals surface area contributed by atoms with Gasteiger partial charge in [0, 0.05) is 122 Å². The number of aryl methyl sites for hydroxylation is 6. The van der Waals surface area contributed by atoms with E-state index in [1.54, 1.807) is 55.0 Å². The summed E-state index contributed by atoms with van der Waals surface area (Å²) in [7, 11) is 0. The number of β-amino-alcohol motifs (C(OH)–C–C–N with tert-alkyl or cyclic N) is 3. The van der Waals surface area contributed by atoms with Crippen molar-refractivity contribution >= 4 is 98.2 Å². The number of likely N-dealkylation sites (tertiary alicyclic amines) is 4. The molecule has 32 heteroatoms. The molecule has 28 nitrogen and oxygen atoms in total. The van der Waals surface area contributed by atoms with Gasteiger partial charge in [0.25, 0.3) is 0 Å². The van der Waals surface area contributed by atoms with Gasteiger partial charge >= 0.3 is 0 Å². The van der Waals surface area contributed by atoms with E-state index in [1.807, 2.05) is 269 Å². The summed E-state index contributed by atoms with van der Waals surface area (Å²) in [5.41, 5.74) is 18.3. The summed E-state index contributed by atoms with van der Waals surface area (Å²) in [5, 5.41) is 58.3. The molecule has 0 bridgehead atoms. The minimum absolute atomic E-state index is 0.0297. The van der Waals surface area contributed by atoms with Gasteiger partial charge in [0.1, 0.15) is 46.7 Å². The van der Waals surface area contributed by atoms with Gasteiger partial charge in [-0.15, -0.1) is 34.0 Å². The lowest BCUT2D eigenvalue weighted by Crippen LogP contribution is -2.45. The predicted octanol–water partition coefficient (Wildman–Crippen LogP) is 21.1. The first-order valence-corrected chi connectivity index (χ1v) is 54.2. The van der Waals surface area contributed by atoms with E-state index in [4.69, 9.17) is 29.7 Å². The van der Waals surface area contributed by atoms with Crippen molar-refractivity contribution in [2.24, 2.45) is 23.2 Å². The van der Waals surface area contributed by atoms with Crippen molar-refractivity contribution in [3.63, 3.8) is 0 Å². The van der Waals surface area contributed by atoms with Crippen LogP contribution in [0.5, 0.6) is 0 Å². The lowest BCUT2D eigenvalue weighted by Gasteiger charge is -2.33. The minimum Gasteiger partial charge on any atom is -0.391 e. The standard InChI is InChI=1S/C31H41N3O5S.C30H39N3O4S.C29H35N3O4S.C25H33ClN2O4/c1-17(2)28(26-13-27(33-39-26)31(5,6)7)30(38)34-14-21(36)12-24(34)25(37)11-19(4)22-9-8-20(10-18(22)3)29-23(15-35)32-16-40-29;1-18-27(38-17-31-18)20-11-8-19(9-12-20)10-13-23(35)22-14-21(34)16-33(22)28(36)26(30(5,6)7)24-15-25(32-37-24)29(2,3)4;1-17(2)26(24-14-25(31-36-24)29(4,5)6)28(35)32-15-21(33)13-22(32)23(34)12-9-19-7-10-20(11-8-19)27-18(3)30-16-37-27;1-15(2)23(21-13-22(27-32-21)25(3,4)5)24(31)28-14-18(29)12-19(28)20(30)11-8-16-6-9-17(26)10-7-16/h8-10,13,16-17,19,21,24,28,35-36H,11-12,14-15H2,1-7H3;8-9,11-12,15,17,21-22,26,34H,10,13-14,16H2,1-7H3;7-8,10-11,14,16-17,22,26H,9,12-13,15H2,1-6H3;6-7,9-10,13,15,18-19,23,29H,8,11-12,14H2,1-5H3. The second-order valence-corrected chi connectivity index (χ2v) is 49.2. The number of aliphatic hydroxyl groups excluding tert-OH is 4. The molecule has 11 heterocycles. The zero-order valence-corrected chi connectivity index (χ0v) is 93.0. The quantitative estimate of drug-likeness (QED) is 0.0313. The Hall–Kier alpha value is -11.0. The summed E-state index contributed by atoms with van der Waals surface area (Å²) < 4.78 is 22.5. The number of rotatable bonds is 31. The van der Waals surface area contributed by atoms with Crippen molar-refractivity contribution in [2.45, 2.75) is 344 Å². The number of Topliss-reactive ketones (excluding diaryl/α,β-unsaturated/α-hetero) is 5. The topological polar surface area (TPSA) is 390 Å². The molecule has 11 aromatic rings. The fourth-order valence-corrected chi connectivity index (χ4v) is 22.1. The molecular weight excluding hydrogens is 1940 g/mol. The van der Waals surface area contributed by atoms with Gasteiger partial charge in [-0.25, -0.2) is 15.0 Å². The molecule has 4 saturated heterocycles. The van der Waals surface area contributed by atoms with Gasteiger partial charge in [0.05, 0.1) is 127 Å². The molecule has 0 aliphatic carbocycles. The van der Waals surface area contributed by atoms with E-state index in [1.165, 1.54) is 16.2 Å².